The first kappa shape index (κ1) is 18.4. The Bertz CT molecular complexity index is 769. The lowest BCUT2D eigenvalue weighted by Crippen LogP contribution is -2.23. The van der Waals surface area contributed by atoms with Crippen LogP contribution in [0.2, 0.25) is 0 Å². The zero-order valence-corrected chi connectivity index (χ0v) is 14.1. The fourth-order valence-electron chi connectivity index (χ4n) is 2.35. The van der Waals surface area contributed by atoms with Crippen LogP contribution in [-0.4, -0.2) is 30.4 Å². The first-order valence-electron chi connectivity index (χ1n) is 7.72. The van der Waals surface area contributed by atoms with E-state index in [1.165, 1.54) is 26.1 Å². The van der Waals surface area contributed by atoms with Gasteiger partial charge in [0.2, 0.25) is 0 Å². The molecule has 134 valence electrons. The lowest BCUT2D eigenvalue weighted by Gasteiger charge is -2.16. The predicted molar refractivity (Wildman–Crippen MR) is 87.6 cm³/mol. The van der Waals surface area contributed by atoms with Crippen LogP contribution in [0.3, 0.4) is 0 Å². The summed E-state index contributed by atoms with van der Waals surface area (Å²) in [5.41, 5.74) is -0.157. The summed E-state index contributed by atoms with van der Waals surface area (Å²) in [7, 11) is 1.42. The van der Waals surface area contributed by atoms with Gasteiger partial charge in [-0.1, -0.05) is 6.07 Å². The van der Waals surface area contributed by atoms with Crippen molar-refractivity contribution in [1.82, 2.24) is 15.6 Å². The molecule has 0 fully saturated rings. The third-order valence-electron chi connectivity index (χ3n) is 3.53. The van der Waals surface area contributed by atoms with Crippen molar-refractivity contribution in [3.05, 3.63) is 52.9 Å². The Kier molecular flexibility index (Phi) is 5.74. The van der Waals surface area contributed by atoms with Gasteiger partial charge in [-0.2, -0.15) is 0 Å². The van der Waals surface area contributed by atoms with Gasteiger partial charge in [0.1, 0.15) is 29.1 Å². The first-order valence-corrected chi connectivity index (χ1v) is 7.72. The topological polar surface area (TPSA) is 83.2 Å². The second-order valence-electron chi connectivity index (χ2n) is 5.26. The Morgan fingerprint density at radius 2 is 1.88 bits per heavy atom. The van der Waals surface area contributed by atoms with Crippen molar-refractivity contribution < 1.29 is 23.1 Å². The maximum atomic E-state index is 13.9. The fraction of sp³-hybridized carbons (Fsp3) is 0.294. The fourth-order valence-corrected chi connectivity index (χ4v) is 2.35. The highest BCUT2D eigenvalue weighted by molar-refractivity contribution is 5.99. The van der Waals surface area contributed by atoms with Crippen molar-refractivity contribution in [2.75, 3.05) is 13.6 Å². The maximum absolute atomic E-state index is 13.9. The Balaban J connectivity index is 2.37. The van der Waals surface area contributed by atoms with Crippen LogP contribution >= 0.6 is 0 Å². The molecule has 0 unspecified atom stereocenters. The number of aromatic nitrogens is 1. The molecule has 2 amide bonds. The van der Waals surface area contributed by atoms with E-state index >= 15 is 0 Å². The van der Waals surface area contributed by atoms with E-state index in [0.29, 0.717) is 6.54 Å². The number of H-pyrrole nitrogens is 1. The van der Waals surface area contributed by atoms with Crippen molar-refractivity contribution in [3.8, 4) is 5.75 Å². The number of carbonyl (C=O) groups excluding carboxylic acids is 2. The van der Waals surface area contributed by atoms with Gasteiger partial charge in [-0.25, -0.2) is 8.78 Å². The minimum atomic E-state index is -1.01. The van der Waals surface area contributed by atoms with Crippen LogP contribution in [0.25, 0.3) is 0 Å². The molecule has 6 nitrogen and oxygen atoms in total. The number of hydrogen-bond acceptors (Lipinski definition) is 3. The molecule has 0 aliphatic heterocycles. The van der Waals surface area contributed by atoms with E-state index in [9.17, 15) is 18.4 Å². The maximum Gasteiger partial charge on any atom is 0.271 e. The Morgan fingerprint density at radius 3 is 2.44 bits per heavy atom. The van der Waals surface area contributed by atoms with E-state index in [-0.39, 0.29) is 22.7 Å². The van der Waals surface area contributed by atoms with E-state index in [2.05, 4.69) is 15.6 Å². The summed E-state index contributed by atoms with van der Waals surface area (Å²) in [5, 5.41) is 5.00. The van der Waals surface area contributed by atoms with E-state index < -0.39 is 29.6 Å². The molecule has 0 saturated carbocycles. The third-order valence-corrected chi connectivity index (χ3v) is 3.53. The largest absolute Gasteiger partial charge is 0.483 e. The Hall–Kier alpha value is -2.90. The summed E-state index contributed by atoms with van der Waals surface area (Å²) in [6.07, 6.45) is -1.01. The van der Waals surface area contributed by atoms with Crippen LogP contribution in [0, 0.1) is 11.6 Å². The lowest BCUT2D eigenvalue weighted by molar-refractivity contribution is 0.0951. The van der Waals surface area contributed by atoms with Gasteiger partial charge in [-0.3, -0.25) is 9.59 Å². The summed E-state index contributed by atoms with van der Waals surface area (Å²) < 4.78 is 33.4. The molecule has 2 rings (SSSR count). The standard InChI is InChI=1S/C17H19F2N3O3/c1-4-21-16(23)12-8-13(15(22-12)17(24)20-3)25-9(2)14-10(18)6-5-7-11(14)19/h5-9,22H,4H2,1-3H3,(H,20,24)(H,21,23)/t9-/m0/s1. The van der Waals surface area contributed by atoms with Gasteiger partial charge in [-0.05, 0) is 26.0 Å². The van der Waals surface area contributed by atoms with Gasteiger partial charge >= 0.3 is 0 Å². The number of hydrogen-bond donors (Lipinski definition) is 3. The average molecular weight is 351 g/mol. The molecule has 0 saturated heterocycles. The van der Waals surface area contributed by atoms with Crippen LogP contribution in [0.5, 0.6) is 5.75 Å². The second kappa shape index (κ2) is 7.78. The summed E-state index contributed by atoms with van der Waals surface area (Å²) in [6.45, 7) is 3.61. The van der Waals surface area contributed by atoms with Gasteiger partial charge in [0.05, 0.1) is 5.56 Å². The molecule has 1 atom stereocenters. The number of benzene rings is 1. The number of ether oxygens (including phenoxy) is 1. The van der Waals surface area contributed by atoms with Crippen LogP contribution in [0.15, 0.2) is 24.3 Å². The zero-order valence-electron chi connectivity index (χ0n) is 14.1. The Morgan fingerprint density at radius 1 is 1.24 bits per heavy atom. The molecule has 0 radical (unpaired) electrons. The minimum Gasteiger partial charge on any atom is -0.483 e. The molecule has 0 aliphatic carbocycles. The lowest BCUT2D eigenvalue weighted by atomic mass is 10.1. The van der Waals surface area contributed by atoms with Gasteiger partial charge in [-0.15, -0.1) is 0 Å². The molecule has 1 heterocycles. The molecule has 25 heavy (non-hydrogen) atoms. The minimum absolute atomic E-state index is 0.00708. The van der Waals surface area contributed by atoms with E-state index in [0.717, 1.165) is 12.1 Å². The number of halogens is 2. The first-order chi connectivity index (χ1) is 11.9. The number of amides is 2. The van der Waals surface area contributed by atoms with Crippen molar-refractivity contribution in [3.63, 3.8) is 0 Å². The Labute approximate surface area is 143 Å². The smallest absolute Gasteiger partial charge is 0.271 e. The summed E-state index contributed by atoms with van der Waals surface area (Å²) in [5.74, 6) is -2.43. The molecular weight excluding hydrogens is 332 g/mol. The molecule has 1 aromatic carbocycles. The van der Waals surface area contributed by atoms with Gasteiger partial charge in [0.15, 0.2) is 5.75 Å². The molecule has 0 bridgehead atoms. The number of aromatic amines is 1. The van der Waals surface area contributed by atoms with Crippen molar-refractivity contribution in [2.45, 2.75) is 20.0 Å². The third kappa shape index (κ3) is 3.96. The molecule has 8 heteroatoms. The molecule has 0 aliphatic rings. The highest BCUT2D eigenvalue weighted by Gasteiger charge is 2.23. The van der Waals surface area contributed by atoms with Crippen LogP contribution in [0.1, 0.15) is 46.5 Å². The van der Waals surface area contributed by atoms with Gasteiger partial charge in [0.25, 0.3) is 11.8 Å². The second-order valence-corrected chi connectivity index (χ2v) is 5.26. The molecule has 0 spiro atoms. The monoisotopic (exact) mass is 351 g/mol. The number of rotatable bonds is 6. The molecular formula is C17H19F2N3O3. The van der Waals surface area contributed by atoms with Crippen LogP contribution < -0.4 is 15.4 Å². The van der Waals surface area contributed by atoms with Crippen molar-refractivity contribution in [2.24, 2.45) is 0 Å². The zero-order chi connectivity index (χ0) is 18.6. The van der Waals surface area contributed by atoms with E-state index in [1.54, 1.807) is 6.92 Å². The van der Waals surface area contributed by atoms with Crippen LogP contribution in [0.4, 0.5) is 8.78 Å². The molecule has 2 aromatic rings. The van der Waals surface area contributed by atoms with Gasteiger partial charge in [0, 0.05) is 19.7 Å². The average Bonchev–Trinajstić information content (AvgIpc) is 2.98. The normalized spacial score (nSPS) is 11.7. The number of nitrogens with one attached hydrogen (secondary N) is 3. The highest BCUT2D eigenvalue weighted by atomic mass is 19.1. The van der Waals surface area contributed by atoms with Gasteiger partial charge < -0.3 is 20.4 Å². The predicted octanol–water partition coefficient (Wildman–Crippen LogP) is 2.54. The van der Waals surface area contributed by atoms with E-state index in [1.807, 2.05) is 0 Å². The van der Waals surface area contributed by atoms with Crippen molar-refractivity contribution >= 4 is 11.8 Å². The molecule has 1 aromatic heterocycles. The SMILES string of the molecule is CCNC(=O)c1cc(O[C@@H](C)c2c(F)cccc2F)c(C(=O)NC)[nH]1. The summed E-state index contributed by atoms with van der Waals surface area (Å²) >= 11 is 0. The summed E-state index contributed by atoms with van der Waals surface area (Å²) in [6, 6.07) is 4.81. The highest BCUT2D eigenvalue weighted by Crippen LogP contribution is 2.29. The molecule has 3 N–H and O–H groups in total. The summed E-state index contributed by atoms with van der Waals surface area (Å²) in [4.78, 5) is 26.6. The quantitative estimate of drug-likeness (QED) is 0.748. The van der Waals surface area contributed by atoms with E-state index in [4.69, 9.17) is 4.74 Å². The van der Waals surface area contributed by atoms with Crippen molar-refractivity contribution in [1.29, 1.82) is 0 Å². The number of carbonyl (C=O) groups is 2. The van der Waals surface area contributed by atoms with Crippen LogP contribution in [-0.2, 0) is 0 Å².